The third-order valence-corrected chi connectivity index (χ3v) is 2.16. The minimum absolute atomic E-state index is 0.168. The first-order valence-corrected chi connectivity index (χ1v) is 5.05. The van der Waals surface area contributed by atoms with Crippen molar-refractivity contribution >= 4 is 0 Å². The van der Waals surface area contributed by atoms with Gasteiger partial charge in [-0.05, 0) is 13.8 Å². The molecule has 0 atom stereocenters. The van der Waals surface area contributed by atoms with E-state index in [1.807, 2.05) is 6.07 Å². The van der Waals surface area contributed by atoms with Crippen LogP contribution in [0, 0.1) is 18.3 Å². The molecule has 1 aromatic rings. The van der Waals surface area contributed by atoms with Crippen LogP contribution in [0.1, 0.15) is 18.9 Å². The van der Waals surface area contributed by atoms with E-state index in [2.05, 4.69) is 0 Å². The molecule has 0 bridgehead atoms. The van der Waals surface area contributed by atoms with Crippen LogP contribution in [0.4, 0.5) is 0 Å². The molecule has 0 aliphatic heterocycles. The molecule has 1 aromatic heterocycles. The van der Waals surface area contributed by atoms with E-state index in [4.69, 9.17) is 10.00 Å². The molecule has 1 rings (SSSR count). The first-order chi connectivity index (χ1) is 7.61. The molecule has 5 heteroatoms. The molecule has 0 aliphatic carbocycles. The molecular weight excluding hydrogens is 208 g/mol. The number of aryl methyl sites for hydroxylation is 1. The molecule has 0 saturated heterocycles. The maximum atomic E-state index is 11.6. The first-order valence-electron chi connectivity index (χ1n) is 5.05. The van der Waals surface area contributed by atoms with Gasteiger partial charge in [0.25, 0.3) is 5.56 Å². The monoisotopic (exact) mass is 222 g/mol. The largest absolute Gasteiger partial charge is 0.492 e. The van der Waals surface area contributed by atoms with Gasteiger partial charge in [0, 0.05) is 18.2 Å². The minimum Gasteiger partial charge on any atom is -0.492 e. The molecule has 0 radical (unpaired) electrons. The number of hydrogen-bond donors (Lipinski definition) is 1. The van der Waals surface area contributed by atoms with Crippen LogP contribution in [0.25, 0.3) is 0 Å². The molecule has 0 amide bonds. The Balaban J connectivity index is 3.23. The van der Waals surface area contributed by atoms with E-state index in [1.165, 1.54) is 6.07 Å². The summed E-state index contributed by atoms with van der Waals surface area (Å²) in [5, 5.41) is 18.3. The topological polar surface area (TPSA) is 75.2 Å². The highest BCUT2D eigenvalue weighted by Crippen LogP contribution is 2.27. The second-order valence-corrected chi connectivity index (χ2v) is 3.31. The van der Waals surface area contributed by atoms with Crippen molar-refractivity contribution in [3.8, 4) is 17.7 Å². The Morgan fingerprint density at radius 1 is 1.62 bits per heavy atom. The lowest BCUT2D eigenvalue weighted by atomic mass is 10.2. The number of rotatable bonds is 4. The molecule has 1 N–H and O–H groups in total. The van der Waals surface area contributed by atoms with Crippen LogP contribution in [0.15, 0.2) is 10.9 Å². The van der Waals surface area contributed by atoms with Gasteiger partial charge in [-0.3, -0.25) is 9.36 Å². The highest BCUT2D eigenvalue weighted by molar-refractivity contribution is 5.40. The minimum atomic E-state index is -0.325. The van der Waals surface area contributed by atoms with Gasteiger partial charge < -0.3 is 9.84 Å². The number of aromatic nitrogens is 1. The molecule has 0 aromatic carbocycles. The molecular formula is C11H14N2O3. The zero-order valence-corrected chi connectivity index (χ0v) is 9.36. The number of aromatic hydroxyl groups is 1. The van der Waals surface area contributed by atoms with Crippen molar-refractivity contribution in [2.45, 2.75) is 26.8 Å². The lowest BCUT2D eigenvalue weighted by Crippen LogP contribution is -2.20. The molecule has 86 valence electrons. The van der Waals surface area contributed by atoms with Gasteiger partial charge >= 0.3 is 0 Å². The Labute approximate surface area is 93.5 Å². The fourth-order valence-electron chi connectivity index (χ4n) is 1.43. The van der Waals surface area contributed by atoms with Crippen LogP contribution >= 0.6 is 0 Å². The first kappa shape index (κ1) is 12.1. The van der Waals surface area contributed by atoms with Crippen LogP contribution in [0.3, 0.4) is 0 Å². The van der Waals surface area contributed by atoms with Gasteiger partial charge in [-0.15, -0.1) is 0 Å². The number of nitrogens with zero attached hydrogens (tertiary/aromatic N) is 2. The van der Waals surface area contributed by atoms with Gasteiger partial charge in [-0.1, -0.05) is 0 Å². The van der Waals surface area contributed by atoms with Crippen LogP contribution in [-0.4, -0.2) is 16.3 Å². The Hall–Kier alpha value is -1.96. The highest BCUT2D eigenvalue weighted by Gasteiger charge is 2.13. The summed E-state index contributed by atoms with van der Waals surface area (Å²) in [6, 6.07) is 3.32. The predicted octanol–water partition coefficient (Wildman–Crippen LogP) is 1.17. The van der Waals surface area contributed by atoms with Gasteiger partial charge in [-0.25, -0.2) is 0 Å². The summed E-state index contributed by atoms with van der Waals surface area (Å²) < 4.78 is 6.39. The zero-order valence-electron chi connectivity index (χ0n) is 9.36. The lowest BCUT2D eigenvalue weighted by Gasteiger charge is -2.13. The Morgan fingerprint density at radius 3 is 2.88 bits per heavy atom. The summed E-state index contributed by atoms with van der Waals surface area (Å²) in [6.07, 6.45) is 0.169. The highest BCUT2D eigenvalue weighted by atomic mass is 16.5. The van der Waals surface area contributed by atoms with E-state index in [1.54, 1.807) is 13.8 Å². The van der Waals surface area contributed by atoms with E-state index in [-0.39, 0.29) is 24.4 Å². The summed E-state index contributed by atoms with van der Waals surface area (Å²) in [5.41, 5.74) is 0.270. The van der Waals surface area contributed by atoms with Crippen LogP contribution < -0.4 is 10.3 Å². The maximum absolute atomic E-state index is 11.6. The summed E-state index contributed by atoms with van der Waals surface area (Å²) >= 11 is 0. The van der Waals surface area contributed by atoms with E-state index >= 15 is 0 Å². The number of pyridine rings is 1. The third kappa shape index (κ3) is 2.34. The molecule has 0 aliphatic rings. The second kappa shape index (κ2) is 5.21. The predicted molar refractivity (Wildman–Crippen MR) is 58.5 cm³/mol. The van der Waals surface area contributed by atoms with Crippen LogP contribution in [0.2, 0.25) is 0 Å². The van der Waals surface area contributed by atoms with E-state index in [0.717, 1.165) is 4.57 Å². The number of nitriles is 1. The quantitative estimate of drug-likeness (QED) is 0.829. The maximum Gasteiger partial charge on any atom is 0.253 e. The summed E-state index contributed by atoms with van der Waals surface area (Å²) in [5.74, 6) is 0.0992. The Kier molecular flexibility index (Phi) is 3.95. The van der Waals surface area contributed by atoms with Crippen LogP contribution in [0.5, 0.6) is 11.6 Å². The molecule has 0 unspecified atom stereocenters. The summed E-state index contributed by atoms with van der Waals surface area (Å²) in [6.45, 7) is 4.07. The molecule has 5 nitrogen and oxygen atoms in total. The second-order valence-electron chi connectivity index (χ2n) is 3.31. The van der Waals surface area contributed by atoms with Gasteiger partial charge in [0.05, 0.1) is 19.1 Å². The molecule has 0 fully saturated rings. The van der Waals surface area contributed by atoms with Gasteiger partial charge in [-0.2, -0.15) is 5.26 Å². The average molecular weight is 222 g/mol. The Morgan fingerprint density at radius 2 is 2.31 bits per heavy atom. The van der Waals surface area contributed by atoms with Crippen molar-refractivity contribution in [1.82, 2.24) is 4.57 Å². The van der Waals surface area contributed by atoms with Crippen LogP contribution in [-0.2, 0) is 6.54 Å². The van der Waals surface area contributed by atoms with Crippen molar-refractivity contribution in [3.05, 3.63) is 22.0 Å². The van der Waals surface area contributed by atoms with Gasteiger partial charge in [0.2, 0.25) is 5.88 Å². The van der Waals surface area contributed by atoms with Gasteiger partial charge in [0.1, 0.15) is 0 Å². The molecule has 0 saturated carbocycles. The lowest BCUT2D eigenvalue weighted by molar-refractivity contribution is 0.298. The molecule has 1 heterocycles. The van der Waals surface area contributed by atoms with Crippen molar-refractivity contribution in [3.63, 3.8) is 0 Å². The standard InChI is InChI=1S/C11H14N2O3/c1-3-16-10-8(2)7-9(14)13(11(10)15)6-4-5-12/h7,15H,3-4,6H2,1-2H3. The van der Waals surface area contributed by atoms with E-state index < -0.39 is 0 Å². The fourth-order valence-corrected chi connectivity index (χ4v) is 1.43. The average Bonchev–Trinajstić information content (AvgIpc) is 2.24. The smallest absolute Gasteiger partial charge is 0.253 e. The normalized spacial score (nSPS) is 9.81. The van der Waals surface area contributed by atoms with Crippen molar-refractivity contribution < 1.29 is 9.84 Å². The third-order valence-electron chi connectivity index (χ3n) is 2.16. The van der Waals surface area contributed by atoms with Gasteiger partial charge in [0.15, 0.2) is 5.75 Å². The van der Waals surface area contributed by atoms with E-state index in [9.17, 15) is 9.90 Å². The number of ether oxygens (including phenoxy) is 1. The molecule has 16 heavy (non-hydrogen) atoms. The Bertz CT molecular complexity index is 471. The van der Waals surface area contributed by atoms with Crippen molar-refractivity contribution in [1.29, 1.82) is 5.26 Å². The zero-order chi connectivity index (χ0) is 12.1. The molecule has 0 spiro atoms. The summed E-state index contributed by atoms with van der Waals surface area (Å²) in [7, 11) is 0. The fraction of sp³-hybridized carbons (Fsp3) is 0.455. The van der Waals surface area contributed by atoms with Crippen molar-refractivity contribution in [2.75, 3.05) is 6.61 Å². The van der Waals surface area contributed by atoms with Crippen molar-refractivity contribution in [2.24, 2.45) is 0 Å². The SMILES string of the molecule is CCOc1c(C)cc(=O)n(CCC#N)c1O. The van der Waals surface area contributed by atoms with E-state index in [0.29, 0.717) is 17.9 Å². The number of hydrogen-bond acceptors (Lipinski definition) is 4. The summed E-state index contributed by atoms with van der Waals surface area (Å²) in [4.78, 5) is 11.6.